The molecule has 0 saturated carbocycles. The molecule has 0 aromatic heterocycles. The molecule has 1 fully saturated rings. The predicted octanol–water partition coefficient (Wildman–Crippen LogP) is -0.674. The summed E-state index contributed by atoms with van der Waals surface area (Å²) in [4.78, 5) is 59.1. The van der Waals surface area contributed by atoms with Crippen LogP contribution in [-0.4, -0.2) is 72.9 Å². The SMILES string of the molecule is COC(=O)N1C[C@@H](OC(C)=O)[C@H](OC(C)=O)[C@H](OC(C)=O)[C@H]1NC(C)=O. The average molecular weight is 374 g/mol. The molecule has 0 aliphatic carbocycles. The molecule has 0 spiro atoms. The third-order valence-corrected chi connectivity index (χ3v) is 3.40. The number of nitrogens with one attached hydrogen (secondary N) is 1. The van der Waals surface area contributed by atoms with E-state index in [1.165, 1.54) is 6.92 Å². The predicted molar refractivity (Wildman–Crippen MR) is 83.4 cm³/mol. The summed E-state index contributed by atoms with van der Waals surface area (Å²) in [5.74, 6) is -2.71. The Morgan fingerprint density at radius 1 is 0.846 bits per heavy atom. The second-order valence-corrected chi connectivity index (χ2v) is 5.56. The number of likely N-dealkylation sites (tertiary alicyclic amines) is 1. The average Bonchev–Trinajstić information content (AvgIpc) is 2.50. The molecule has 26 heavy (non-hydrogen) atoms. The van der Waals surface area contributed by atoms with Crippen LogP contribution in [-0.2, 0) is 38.1 Å². The summed E-state index contributed by atoms with van der Waals surface area (Å²) in [6.07, 6.45) is -5.75. The number of piperidine rings is 1. The molecule has 1 aliphatic heterocycles. The summed E-state index contributed by atoms with van der Waals surface area (Å²) in [5, 5.41) is 2.46. The van der Waals surface area contributed by atoms with Crippen LogP contribution >= 0.6 is 0 Å². The number of hydrogen-bond donors (Lipinski definition) is 1. The van der Waals surface area contributed by atoms with Crippen LogP contribution < -0.4 is 5.32 Å². The van der Waals surface area contributed by atoms with E-state index < -0.39 is 54.4 Å². The van der Waals surface area contributed by atoms with E-state index in [0.717, 1.165) is 32.8 Å². The van der Waals surface area contributed by atoms with Crippen LogP contribution in [0, 0.1) is 0 Å². The lowest BCUT2D eigenvalue weighted by molar-refractivity contribution is -0.203. The zero-order chi connectivity index (χ0) is 20.0. The van der Waals surface area contributed by atoms with Gasteiger partial charge in [-0.3, -0.25) is 24.1 Å². The summed E-state index contributed by atoms with van der Waals surface area (Å²) in [7, 11) is 1.12. The van der Waals surface area contributed by atoms with E-state index in [0.29, 0.717) is 0 Å². The van der Waals surface area contributed by atoms with E-state index in [2.05, 4.69) is 10.1 Å². The fraction of sp³-hybridized carbons (Fsp3) is 0.667. The molecule has 2 amide bonds. The Bertz CT molecular complexity index is 592. The molecule has 11 nitrogen and oxygen atoms in total. The third-order valence-electron chi connectivity index (χ3n) is 3.40. The maximum absolute atomic E-state index is 12.1. The summed E-state index contributed by atoms with van der Waals surface area (Å²) in [6, 6.07) is 0. The van der Waals surface area contributed by atoms with Gasteiger partial charge >= 0.3 is 24.0 Å². The van der Waals surface area contributed by atoms with Crippen LogP contribution in [0.5, 0.6) is 0 Å². The number of nitrogens with zero attached hydrogens (tertiary/aromatic N) is 1. The largest absolute Gasteiger partial charge is 0.457 e. The maximum Gasteiger partial charge on any atom is 0.411 e. The summed E-state index contributed by atoms with van der Waals surface area (Å²) in [5.41, 5.74) is 0. The Balaban J connectivity index is 3.37. The van der Waals surface area contributed by atoms with Gasteiger partial charge in [0.1, 0.15) is 6.17 Å². The van der Waals surface area contributed by atoms with Crippen molar-refractivity contribution in [1.82, 2.24) is 10.2 Å². The highest BCUT2D eigenvalue weighted by Gasteiger charge is 2.51. The van der Waals surface area contributed by atoms with Gasteiger partial charge in [0.05, 0.1) is 13.7 Å². The van der Waals surface area contributed by atoms with Crippen molar-refractivity contribution in [2.24, 2.45) is 0 Å². The highest BCUT2D eigenvalue weighted by Crippen LogP contribution is 2.26. The number of methoxy groups -OCH3 is 1. The highest BCUT2D eigenvalue weighted by atomic mass is 16.6. The Hall–Kier alpha value is -2.85. The van der Waals surface area contributed by atoms with Crippen LogP contribution in [0.3, 0.4) is 0 Å². The lowest BCUT2D eigenvalue weighted by Crippen LogP contribution is -2.69. The first-order valence-corrected chi connectivity index (χ1v) is 7.70. The van der Waals surface area contributed by atoms with Crippen molar-refractivity contribution >= 4 is 29.9 Å². The number of esters is 3. The lowest BCUT2D eigenvalue weighted by Gasteiger charge is -2.46. The smallest absolute Gasteiger partial charge is 0.411 e. The molecule has 0 radical (unpaired) electrons. The van der Waals surface area contributed by atoms with Gasteiger partial charge in [-0.05, 0) is 0 Å². The number of carbonyl (C=O) groups is 5. The number of hydrogen-bond acceptors (Lipinski definition) is 9. The minimum absolute atomic E-state index is 0.257. The molecule has 11 heteroatoms. The Kier molecular flexibility index (Phi) is 7.35. The maximum atomic E-state index is 12.1. The molecule has 1 rings (SSSR count). The van der Waals surface area contributed by atoms with Crippen molar-refractivity contribution in [3.63, 3.8) is 0 Å². The molecular weight excluding hydrogens is 352 g/mol. The van der Waals surface area contributed by atoms with E-state index >= 15 is 0 Å². The first-order chi connectivity index (χ1) is 12.1. The van der Waals surface area contributed by atoms with E-state index in [4.69, 9.17) is 14.2 Å². The molecule has 0 unspecified atom stereocenters. The van der Waals surface area contributed by atoms with E-state index in [1.807, 2.05) is 0 Å². The van der Waals surface area contributed by atoms with Crippen molar-refractivity contribution < 1.29 is 42.9 Å². The van der Waals surface area contributed by atoms with Crippen LogP contribution in [0.25, 0.3) is 0 Å². The first-order valence-electron chi connectivity index (χ1n) is 7.70. The topological polar surface area (TPSA) is 138 Å². The van der Waals surface area contributed by atoms with E-state index in [1.54, 1.807) is 0 Å². The van der Waals surface area contributed by atoms with Crippen LogP contribution in [0.15, 0.2) is 0 Å². The molecular formula is C15H22N2O9. The Morgan fingerprint density at radius 3 is 1.77 bits per heavy atom. The molecule has 0 aromatic carbocycles. The van der Waals surface area contributed by atoms with Gasteiger partial charge in [0.25, 0.3) is 0 Å². The van der Waals surface area contributed by atoms with Gasteiger partial charge in [-0.15, -0.1) is 0 Å². The number of carbonyl (C=O) groups excluding carboxylic acids is 5. The second kappa shape index (κ2) is 9.02. The Labute approximate surface area is 149 Å². The zero-order valence-corrected chi connectivity index (χ0v) is 15.1. The van der Waals surface area contributed by atoms with Crippen LogP contribution in [0.4, 0.5) is 4.79 Å². The molecule has 1 N–H and O–H groups in total. The van der Waals surface area contributed by atoms with Crippen molar-refractivity contribution in [3.8, 4) is 0 Å². The Morgan fingerprint density at radius 2 is 1.35 bits per heavy atom. The molecule has 146 valence electrons. The third kappa shape index (κ3) is 5.60. The lowest BCUT2D eigenvalue weighted by atomic mass is 9.97. The van der Waals surface area contributed by atoms with Gasteiger partial charge in [0.2, 0.25) is 5.91 Å². The normalized spacial score (nSPS) is 24.9. The molecule has 1 heterocycles. The zero-order valence-electron chi connectivity index (χ0n) is 15.1. The summed E-state index contributed by atoms with van der Waals surface area (Å²) < 4.78 is 20.1. The van der Waals surface area contributed by atoms with Crippen LogP contribution in [0.1, 0.15) is 27.7 Å². The monoisotopic (exact) mass is 374 g/mol. The van der Waals surface area contributed by atoms with Crippen molar-refractivity contribution in [2.45, 2.75) is 52.2 Å². The summed E-state index contributed by atoms with van der Waals surface area (Å²) >= 11 is 0. The van der Waals surface area contributed by atoms with Gasteiger partial charge < -0.3 is 24.3 Å². The van der Waals surface area contributed by atoms with Gasteiger partial charge in [0, 0.05) is 27.7 Å². The minimum Gasteiger partial charge on any atom is -0.457 e. The van der Waals surface area contributed by atoms with Gasteiger partial charge in [0.15, 0.2) is 18.3 Å². The molecule has 0 bridgehead atoms. The highest BCUT2D eigenvalue weighted by molar-refractivity contribution is 5.75. The van der Waals surface area contributed by atoms with Crippen molar-refractivity contribution in [1.29, 1.82) is 0 Å². The fourth-order valence-corrected chi connectivity index (χ4v) is 2.63. The summed E-state index contributed by atoms with van der Waals surface area (Å²) in [6.45, 7) is 4.30. The minimum atomic E-state index is -1.32. The number of rotatable bonds is 4. The fourth-order valence-electron chi connectivity index (χ4n) is 2.63. The second-order valence-electron chi connectivity index (χ2n) is 5.56. The van der Waals surface area contributed by atoms with Gasteiger partial charge in [-0.25, -0.2) is 4.79 Å². The van der Waals surface area contributed by atoms with Gasteiger partial charge in [-0.1, -0.05) is 0 Å². The number of ether oxygens (including phenoxy) is 4. The van der Waals surface area contributed by atoms with Crippen LogP contribution in [0.2, 0.25) is 0 Å². The van der Waals surface area contributed by atoms with Crippen molar-refractivity contribution in [2.75, 3.05) is 13.7 Å². The van der Waals surface area contributed by atoms with Gasteiger partial charge in [-0.2, -0.15) is 0 Å². The first kappa shape index (κ1) is 21.2. The quantitative estimate of drug-likeness (QED) is 0.501. The van der Waals surface area contributed by atoms with E-state index in [-0.39, 0.29) is 6.54 Å². The van der Waals surface area contributed by atoms with E-state index in [9.17, 15) is 24.0 Å². The standard InChI is InChI=1S/C15H22N2O9/c1-7(18)16-14-13(26-10(4)21)12(25-9(3)20)11(24-8(2)19)6-17(14)15(22)23-5/h11-14H,6H2,1-5H3,(H,16,18)/t11-,12+,13+,14+/m1/s1. The molecule has 1 aliphatic rings. The molecule has 0 aromatic rings. The molecule has 4 atom stereocenters. The molecule has 1 saturated heterocycles. The van der Waals surface area contributed by atoms with Crippen molar-refractivity contribution in [3.05, 3.63) is 0 Å². The number of amides is 2.